The SMILES string of the molecule is Fc1c(F)c(C(F)(F)F)c(F)c(F)c1N(c1ccccc1)c1ccc(N(c2ccc(N(c3ccccc3)c3c(F)c(F)c(C(F)(F)F)c(F)c3F)cc2)c2c(F)c(F)c(C(F)(F)F)c(F)c2F)cc1. The van der Waals surface area contributed by atoms with Crippen LogP contribution in [0, 0.1) is 69.8 Å². The van der Waals surface area contributed by atoms with Gasteiger partial charge in [0.15, 0.2) is 69.8 Å². The van der Waals surface area contributed by atoms with Gasteiger partial charge in [0.1, 0.15) is 33.8 Å². The van der Waals surface area contributed by atoms with Crippen molar-refractivity contribution >= 4 is 51.2 Å². The molecule has 0 bridgehead atoms. The molecule has 0 aliphatic heterocycles. The third-order valence-corrected chi connectivity index (χ3v) is 10.0. The van der Waals surface area contributed by atoms with Gasteiger partial charge in [-0.2, -0.15) is 39.5 Å². The van der Waals surface area contributed by atoms with Crippen molar-refractivity contribution in [3.8, 4) is 0 Å². The van der Waals surface area contributed by atoms with E-state index >= 15 is 35.1 Å². The van der Waals surface area contributed by atoms with Gasteiger partial charge in [0.25, 0.3) is 0 Å². The first-order valence-electron chi connectivity index (χ1n) is 18.7. The van der Waals surface area contributed by atoms with E-state index in [2.05, 4.69) is 0 Å². The van der Waals surface area contributed by atoms with Crippen molar-refractivity contribution in [2.45, 2.75) is 18.5 Å². The Hall–Kier alpha value is -7.53. The number of anilines is 9. The minimum absolute atomic E-state index is 0.126. The summed E-state index contributed by atoms with van der Waals surface area (Å²) < 4.78 is 306. The summed E-state index contributed by atoms with van der Waals surface area (Å²) in [7, 11) is 0. The fourth-order valence-corrected chi connectivity index (χ4v) is 7.07. The van der Waals surface area contributed by atoms with E-state index in [9.17, 15) is 57.1 Å². The van der Waals surface area contributed by atoms with Crippen molar-refractivity contribution in [2.75, 3.05) is 14.7 Å². The lowest BCUT2D eigenvalue weighted by Crippen LogP contribution is -2.22. The van der Waals surface area contributed by atoms with Crippen molar-refractivity contribution in [2.24, 2.45) is 0 Å². The van der Waals surface area contributed by atoms with Crippen molar-refractivity contribution in [1.82, 2.24) is 0 Å². The molecule has 69 heavy (non-hydrogen) atoms. The summed E-state index contributed by atoms with van der Waals surface area (Å²) in [5.74, 6) is -33.5. The molecule has 3 nitrogen and oxygen atoms in total. The number of para-hydroxylation sites is 2. The number of hydrogen-bond donors (Lipinski definition) is 0. The fourth-order valence-electron chi connectivity index (χ4n) is 7.07. The van der Waals surface area contributed by atoms with Crippen LogP contribution in [-0.4, -0.2) is 0 Å². The van der Waals surface area contributed by atoms with Gasteiger partial charge >= 0.3 is 18.5 Å². The lowest BCUT2D eigenvalue weighted by atomic mass is 10.1. The molecular formula is C45H18F21N3. The summed E-state index contributed by atoms with van der Waals surface area (Å²) in [6.07, 6.45) is -18.0. The zero-order valence-electron chi connectivity index (χ0n) is 33.2. The van der Waals surface area contributed by atoms with Crippen LogP contribution in [0.5, 0.6) is 0 Å². The highest BCUT2D eigenvalue weighted by Crippen LogP contribution is 2.49. The van der Waals surface area contributed by atoms with Gasteiger partial charge in [-0.25, -0.2) is 52.7 Å². The van der Waals surface area contributed by atoms with Crippen LogP contribution >= 0.6 is 0 Å². The highest BCUT2D eigenvalue weighted by Gasteiger charge is 2.46. The molecule has 0 unspecified atom stereocenters. The Morgan fingerprint density at radius 1 is 0.217 bits per heavy atom. The largest absolute Gasteiger partial charge is 0.422 e. The molecule has 24 heteroatoms. The molecule has 0 heterocycles. The monoisotopic (exact) mass is 999 g/mol. The Kier molecular flexibility index (Phi) is 12.8. The maximum atomic E-state index is 15.9. The molecule has 0 radical (unpaired) electrons. The highest BCUT2D eigenvalue weighted by atomic mass is 19.4. The molecule has 7 aromatic rings. The Morgan fingerprint density at radius 3 is 0.536 bits per heavy atom. The Labute approximate surface area is 372 Å². The van der Waals surface area contributed by atoms with Crippen LogP contribution in [0.15, 0.2) is 109 Å². The smallest absolute Gasteiger partial charge is 0.305 e. The molecule has 0 aliphatic carbocycles. The van der Waals surface area contributed by atoms with E-state index in [1.165, 1.54) is 36.4 Å². The minimum atomic E-state index is -6.08. The minimum Gasteiger partial charge on any atom is -0.305 e. The van der Waals surface area contributed by atoms with E-state index < -0.39 is 156 Å². The zero-order valence-corrected chi connectivity index (χ0v) is 33.2. The first-order chi connectivity index (χ1) is 32.2. The topological polar surface area (TPSA) is 9.72 Å². The van der Waals surface area contributed by atoms with Gasteiger partial charge in [-0.05, 0) is 72.8 Å². The van der Waals surface area contributed by atoms with Gasteiger partial charge in [-0.15, -0.1) is 0 Å². The molecular weight excluding hydrogens is 981 g/mol. The van der Waals surface area contributed by atoms with Crippen LogP contribution < -0.4 is 14.7 Å². The standard InChI is InChI=1S/C45H18F21N3/c46-28-25(43(58,59)60)29(47)35(53)40(34(28)52)67(19-7-3-1-4-8-19)21-11-15-23(16-12-21)69(42-38(56)32(50)27(45(64,65)66)33(51)39(42)57)24-17-13-22(14-18-24)68(20-9-5-2-6-10-20)41-36(54)30(48)26(44(61,62)63)31(49)37(41)55/h1-18H. The molecule has 0 spiro atoms. The molecule has 0 fully saturated rings. The Balaban J connectivity index is 1.45. The fraction of sp³-hybridized carbons (Fsp3) is 0.0667. The predicted molar refractivity (Wildman–Crippen MR) is 205 cm³/mol. The highest BCUT2D eigenvalue weighted by molar-refractivity contribution is 5.84. The summed E-state index contributed by atoms with van der Waals surface area (Å²) >= 11 is 0. The number of rotatable bonds is 9. The molecule has 0 saturated heterocycles. The predicted octanol–water partition coefficient (Wildman–Crippen LogP) is 16.8. The van der Waals surface area contributed by atoms with E-state index in [4.69, 9.17) is 0 Å². The maximum absolute atomic E-state index is 15.9. The summed E-state index contributed by atoms with van der Waals surface area (Å²) in [6.45, 7) is 0. The van der Waals surface area contributed by atoms with E-state index in [0.29, 0.717) is 58.3 Å². The van der Waals surface area contributed by atoms with Crippen molar-refractivity contribution < 1.29 is 92.2 Å². The van der Waals surface area contributed by atoms with Gasteiger partial charge in [0, 0.05) is 34.1 Å². The van der Waals surface area contributed by atoms with Crippen LogP contribution in [0.4, 0.5) is 143 Å². The van der Waals surface area contributed by atoms with Crippen molar-refractivity contribution in [1.29, 1.82) is 0 Å². The van der Waals surface area contributed by atoms with Crippen LogP contribution in [0.1, 0.15) is 16.7 Å². The van der Waals surface area contributed by atoms with Gasteiger partial charge in [-0.3, -0.25) is 0 Å². The molecule has 0 saturated carbocycles. The average Bonchev–Trinajstić information content (AvgIpc) is 3.28. The van der Waals surface area contributed by atoms with Crippen LogP contribution in [0.3, 0.4) is 0 Å². The second kappa shape index (κ2) is 17.8. The zero-order chi connectivity index (χ0) is 50.8. The van der Waals surface area contributed by atoms with Gasteiger partial charge in [0.2, 0.25) is 0 Å². The second-order valence-corrected chi connectivity index (χ2v) is 14.1. The van der Waals surface area contributed by atoms with E-state index in [1.54, 1.807) is 0 Å². The third-order valence-electron chi connectivity index (χ3n) is 10.0. The number of nitrogens with zero attached hydrogens (tertiary/aromatic N) is 3. The first-order valence-corrected chi connectivity index (χ1v) is 18.7. The number of halogens is 21. The molecule has 0 N–H and O–H groups in total. The molecule has 7 rings (SSSR count). The summed E-state index contributed by atoms with van der Waals surface area (Å²) in [6, 6.07) is 16.7. The first kappa shape index (κ1) is 49.4. The average molecular weight is 1000 g/mol. The number of benzene rings is 7. The lowest BCUT2D eigenvalue weighted by molar-refractivity contribution is -0.144. The van der Waals surface area contributed by atoms with Gasteiger partial charge < -0.3 is 14.7 Å². The van der Waals surface area contributed by atoms with Gasteiger partial charge in [-0.1, -0.05) is 36.4 Å². The second-order valence-electron chi connectivity index (χ2n) is 14.1. The van der Waals surface area contributed by atoms with Crippen LogP contribution in [0.2, 0.25) is 0 Å². The van der Waals surface area contributed by atoms with Crippen LogP contribution in [-0.2, 0) is 18.5 Å². The number of hydrogen-bond acceptors (Lipinski definition) is 3. The molecule has 0 amide bonds. The maximum Gasteiger partial charge on any atom is 0.422 e. The van der Waals surface area contributed by atoms with Crippen molar-refractivity contribution in [3.63, 3.8) is 0 Å². The normalized spacial score (nSPS) is 12.1. The quantitative estimate of drug-likeness (QED) is 0.105. The molecule has 360 valence electrons. The van der Waals surface area contributed by atoms with Crippen molar-refractivity contribution in [3.05, 3.63) is 196 Å². The Bertz CT molecular complexity index is 2830. The van der Waals surface area contributed by atoms with E-state index in [1.807, 2.05) is 0 Å². The molecule has 7 aromatic carbocycles. The summed E-state index contributed by atoms with van der Waals surface area (Å²) in [5.41, 5.74) is -18.3. The van der Waals surface area contributed by atoms with E-state index in [0.717, 1.165) is 24.3 Å². The summed E-state index contributed by atoms with van der Waals surface area (Å²) in [4.78, 5) is 0.741. The summed E-state index contributed by atoms with van der Waals surface area (Å²) in [5, 5.41) is 0. The number of alkyl halides is 9. The molecule has 0 aliphatic rings. The third kappa shape index (κ3) is 8.66. The van der Waals surface area contributed by atoms with Crippen LogP contribution in [0.25, 0.3) is 0 Å². The van der Waals surface area contributed by atoms with Gasteiger partial charge in [0.05, 0.1) is 0 Å². The van der Waals surface area contributed by atoms with E-state index in [-0.39, 0.29) is 4.90 Å². The molecule has 0 atom stereocenters. The molecule has 0 aromatic heterocycles. The lowest BCUT2D eigenvalue weighted by Gasteiger charge is -2.30. The Morgan fingerprint density at radius 2 is 0.377 bits per heavy atom.